The van der Waals surface area contributed by atoms with Gasteiger partial charge in [-0.25, -0.2) is 4.68 Å². The second-order valence-electron chi connectivity index (χ2n) is 5.05. The lowest BCUT2D eigenvalue weighted by atomic mass is 10.2. The van der Waals surface area contributed by atoms with Gasteiger partial charge in [0.2, 0.25) is 5.91 Å². The Bertz CT molecular complexity index is 797. The number of para-hydroxylation sites is 3. The highest BCUT2D eigenvalue weighted by Crippen LogP contribution is 2.23. The number of anilines is 1. The van der Waals surface area contributed by atoms with Crippen LogP contribution < -0.4 is 10.1 Å². The van der Waals surface area contributed by atoms with E-state index in [1.54, 1.807) is 18.0 Å². The molecular weight excluding hydrogens is 290 g/mol. The van der Waals surface area contributed by atoms with Crippen LogP contribution >= 0.6 is 0 Å². The summed E-state index contributed by atoms with van der Waals surface area (Å²) in [6.45, 7) is 0. The van der Waals surface area contributed by atoms with Gasteiger partial charge in [-0.3, -0.25) is 4.79 Å². The summed E-state index contributed by atoms with van der Waals surface area (Å²) in [4.78, 5) is 12.2. The molecule has 0 aliphatic carbocycles. The highest BCUT2D eigenvalue weighted by molar-refractivity contribution is 5.93. The predicted molar refractivity (Wildman–Crippen MR) is 88.9 cm³/mol. The Morgan fingerprint density at radius 2 is 1.87 bits per heavy atom. The van der Waals surface area contributed by atoms with Crippen LogP contribution in [0.2, 0.25) is 0 Å². The van der Waals surface area contributed by atoms with E-state index in [1.165, 1.54) is 0 Å². The van der Waals surface area contributed by atoms with Gasteiger partial charge >= 0.3 is 0 Å². The minimum absolute atomic E-state index is 0.109. The van der Waals surface area contributed by atoms with Crippen LogP contribution in [0.1, 0.15) is 5.56 Å². The number of amides is 1. The maximum absolute atomic E-state index is 12.2. The SMILES string of the molecule is COc1ccccc1NC(=O)Cc1cnn(-c2ccccc2)c1. The Morgan fingerprint density at radius 1 is 1.13 bits per heavy atom. The van der Waals surface area contributed by atoms with Crippen LogP contribution in [0, 0.1) is 0 Å². The fraction of sp³-hybridized carbons (Fsp3) is 0.111. The average molecular weight is 307 g/mol. The number of carbonyl (C=O) groups excluding carboxylic acids is 1. The van der Waals surface area contributed by atoms with E-state index in [0.717, 1.165) is 11.3 Å². The predicted octanol–water partition coefficient (Wildman–Crippen LogP) is 3.06. The summed E-state index contributed by atoms with van der Waals surface area (Å²) in [5, 5.41) is 7.15. The van der Waals surface area contributed by atoms with Crippen LogP contribution in [0.15, 0.2) is 67.0 Å². The molecule has 0 aliphatic heterocycles. The third-order valence-electron chi connectivity index (χ3n) is 3.40. The first kappa shape index (κ1) is 14.8. The molecule has 1 heterocycles. The zero-order chi connectivity index (χ0) is 16.1. The van der Waals surface area contributed by atoms with Gasteiger partial charge in [0.25, 0.3) is 0 Å². The van der Waals surface area contributed by atoms with Crippen molar-refractivity contribution in [3.05, 3.63) is 72.6 Å². The molecule has 0 unspecified atom stereocenters. The monoisotopic (exact) mass is 307 g/mol. The average Bonchev–Trinajstić information content (AvgIpc) is 3.04. The van der Waals surface area contributed by atoms with Crippen molar-refractivity contribution < 1.29 is 9.53 Å². The number of aromatic nitrogens is 2. The minimum atomic E-state index is -0.109. The Kier molecular flexibility index (Phi) is 4.38. The van der Waals surface area contributed by atoms with Crippen molar-refractivity contribution in [2.75, 3.05) is 12.4 Å². The second kappa shape index (κ2) is 6.79. The summed E-state index contributed by atoms with van der Waals surface area (Å²) < 4.78 is 6.98. The molecule has 0 saturated carbocycles. The van der Waals surface area contributed by atoms with E-state index in [0.29, 0.717) is 11.4 Å². The van der Waals surface area contributed by atoms with Gasteiger partial charge in [-0.15, -0.1) is 0 Å². The van der Waals surface area contributed by atoms with Gasteiger partial charge in [0, 0.05) is 6.20 Å². The molecule has 5 heteroatoms. The molecule has 0 atom stereocenters. The second-order valence-corrected chi connectivity index (χ2v) is 5.05. The van der Waals surface area contributed by atoms with Gasteiger partial charge in [0.05, 0.1) is 31.1 Å². The van der Waals surface area contributed by atoms with Crippen LogP contribution in [0.25, 0.3) is 5.69 Å². The third-order valence-corrected chi connectivity index (χ3v) is 3.40. The number of methoxy groups -OCH3 is 1. The highest BCUT2D eigenvalue weighted by atomic mass is 16.5. The summed E-state index contributed by atoms with van der Waals surface area (Å²) in [5.41, 5.74) is 2.47. The Morgan fingerprint density at radius 3 is 2.65 bits per heavy atom. The summed E-state index contributed by atoms with van der Waals surface area (Å²) in [5.74, 6) is 0.531. The number of rotatable bonds is 5. The van der Waals surface area contributed by atoms with E-state index in [9.17, 15) is 4.79 Å². The van der Waals surface area contributed by atoms with Crippen molar-refractivity contribution in [2.45, 2.75) is 6.42 Å². The fourth-order valence-electron chi connectivity index (χ4n) is 2.30. The summed E-state index contributed by atoms with van der Waals surface area (Å²) in [6.07, 6.45) is 3.82. The lowest BCUT2D eigenvalue weighted by Crippen LogP contribution is -2.14. The third kappa shape index (κ3) is 3.58. The Labute approximate surface area is 134 Å². The first-order chi connectivity index (χ1) is 11.3. The van der Waals surface area contributed by atoms with E-state index in [4.69, 9.17) is 4.74 Å². The number of nitrogens with one attached hydrogen (secondary N) is 1. The molecule has 0 saturated heterocycles. The lowest BCUT2D eigenvalue weighted by Gasteiger charge is -2.09. The van der Waals surface area contributed by atoms with Gasteiger partial charge in [0.15, 0.2) is 0 Å². The minimum Gasteiger partial charge on any atom is -0.495 e. The van der Waals surface area contributed by atoms with Crippen molar-refractivity contribution in [1.29, 1.82) is 0 Å². The number of benzene rings is 2. The van der Waals surface area contributed by atoms with E-state index in [2.05, 4.69) is 10.4 Å². The largest absolute Gasteiger partial charge is 0.495 e. The van der Waals surface area contributed by atoms with Crippen molar-refractivity contribution in [2.24, 2.45) is 0 Å². The first-order valence-electron chi connectivity index (χ1n) is 7.28. The van der Waals surface area contributed by atoms with Crippen LogP contribution in [0.3, 0.4) is 0 Å². The number of hydrogen-bond acceptors (Lipinski definition) is 3. The van der Waals surface area contributed by atoms with Gasteiger partial charge < -0.3 is 10.1 Å². The molecule has 1 amide bonds. The van der Waals surface area contributed by atoms with Crippen molar-refractivity contribution >= 4 is 11.6 Å². The molecule has 23 heavy (non-hydrogen) atoms. The maximum atomic E-state index is 12.2. The zero-order valence-electron chi connectivity index (χ0n) is 12.8. The molecule has 116 valence electrons. The van der Waals surface area contributed by atoms with Crippen LogP contribution in [-0.2, 0) is 11.2 Å². The van der Waals surface area contributed by atoms with Crippen molar-refractivity contribution in [1.82, 2.24) is 9.78 Å². The van der Waals surface area contributed by atoms with E-state index >= 15 is 0 Å². The Hall–Kier alpha value is -3.08. The molecule has 1 aromatic heterocycles. The summed E-state index contributed by atoms with van der Waals surface area (Å²) in [6, 6.07) is 17.1. The van der Waals surface area contributed by atoms with Crippen LogP contribution in [0.4, 0.5) is 5.69 Å². The van der Waals surface area contributed by atoms with E-state index < -0.39 is 0 Å². The van der Waals surface area contributed by atoms with Gasteiger partial charge in [0.1, 0.15) is 5.75 Å². The normalized spacial score (nSPS) is 10.3. The quantitative estimate of drug-likeness (QED) is 0.788. The number of carbonyl (C=O) groups is 1. The van der Waals surface area contributed by atoms with Crippen LogP contribution in [-0.4, -0.2) is 22.8 Å². The molecule has 0 spiro atoms. The molecular formula is C18H17N3O2. The number of hydrogen-bond donors (Lipinski definition) is 1. The number of ether oxygens (including phenoxy) is 1. The van der Waals surface area contributed by atoms with Crippen molar-refractivity contribution in [3.8, 4) is 11.4 Å². The van der Waals surface area contributed by atoms with Crippen molar-refractivity contribution in [3.63, 3.8) is 0 Å². The molecule has 1 N–H and O–H groups in total. The van der Waals surface area contributed by atoms with Gasteiger partial charge in [-0.05, 0) is 29.8 Å². The van der Waals surface area contributed by atoms with E-state index in [1.807, 2.05) is 60.8 Å². The highest BCUT2D eigenvalue weighted by Gasteiger charge is 2.09. The van der Waals surface area contributed by atoms with Crippen LogP contribution in [0.5, 0.6) is 5.75 Å². The molecule has 5 nitrogen and oxygen atoms in total. The topological polar surface area (TPSA) is 56.1 Å². The molecule has 0 radical (unpaired) electrons. The smallest absolute Gasteiger partial charge is 0.229 e. The molecule has 0 bridgehead atoms. The standard InChI is InChI=1S/C18H17N3O2/c1-23-17-10-6-5-9-16(17)20-18(22)11-14-12-19-21(13-14)15-7-3-2-4-8-15/h2-10,12-13H,11H2,1H3,(H,20,22). The molecule has 0 aliphatic rings. The lowest BCUT2D eigenvalue weighted by molar-refractivity contribution is -0.115. The summed E-state index contributed by atoms with van der Waals surface area (Å²) in [7, 11) is 1.58. The molecule has 0 fully saturated rings. The van der Waals surface area contributed by atoms with Gasteiger partial charge in [-0.1, -0.05) is 30.3 Å². The summed E-state index contributed by atoms with van der Waals surface area (Å²) >= 11 is 0. The van der Waals surface area contributed by atoms with Gasteiger partial charge in [-0.2, -0.15) is 5.10 Å². The fourth-order valence-corrected chi connectivity index (χ4v) is 2.30. The maximum Gasteiger partial charge on any atom is 0.229 e. The number of nitrogens with zero attached hydrogens (tertiary/aromatic N) is 2. The molecule has 3 rings (SSSR count). The van der Waals surface area contributed by atoms with E-state index in [-0.39, 0.29) is 12.3 Å². The first-order valence-corrected chi connectivity index (χ1v) is 7.28. The molecule has 3 aromatic rings. The zero-order valence-corrected chi connectivity index (χ0v) is 12.8. The molecule has 2 aromatic carbocycles. The Balaban J connectivity index is 1.68.